The fourth-order valence-corrected chi connectivity index (χ4v) is 3.57. The minimum atomic E-state index is -0.383. The number of thioether (sulfide) groups is 1. The predicted octanol–water partition coefficient (Wildman–Crippen LogP) is 3.41. The molecule has 1 saturated heterocycles. The van der Waals surface area contributed by atoms with Crippen molar-refractivity contribution >= 4 is 46.5 Å². The number of halogens is 1. The first kappa shape index (κ1) is 19.2. The third kappa shape index (κ3) is 4.23. The molecule has 0 spiro atoms. The van der Waals surface area contributed by atoms with Crippen molar-refractivity contribution in [2.45, 2.75) is 13.8 Å². The van der Waals surface area contributed by atoms with E-state index in [4.69, 9.17) is 16.1 Å². The molecule has 0 radical (unpaired) electrons. The van der Waals surface area contributed by atoms with E-state index in [-0.39, 0.29) is 30.1 Å². The molecule has 0 atom stereocenters. The highest BCUT2D eigenvalue weighted by molar-refractivity contribution is 8.18. The standard InChI is InChI=1S/C18H16ClN3O4S/c1-10-15(11(2)26-21-10)16(23)20-7-8-22-17(24)14(27-18(22)25)9-12-3-5-13(19)6-4-12/h3-6,9H,7-8H2,1-2H3,(H,20,23)/b14-9+. The fraction of sp³-hybridized carbons (Fsp3) is 0.222. The molecule has 1 aromatic carbocycles. The van der Waals surface area contributed by atoms with Crippen molar-refractivity contribution in [3.05, 3.63) is 56.8 Å². The van der Waals surface area contributed by atoms with Crippen LogP contribution in [0, 0.1) is 13.8 Å². The van der Waals surface area contributed by atoms with E-state index >= 15 is 0 Å². The molecule has 27 heavy (non-hydrogen) atoms. The summed E-state index contributed by atoms with van der Waals surface area (Å²) in [6, 6.07) is 6.95. The van der Waals surface area contributed by atoms with Gasteiger partial charge in [0.05, 0.1) is 10.6 Å². The van der Waals surface area contributed by atoms with Crippen LogP contribution in [-0.4, -0.2) is 40.2 Å². The van der Waals surface area contributed by atoms with E-state index < -0.39 is 0 Å². The van der Waals surface area contributed by atoms with Crippen molar-refractivity contribution in [2.24, 2.45) is 0 Å². The maximum absolute atomic E-state index is 12.5. The number of rotatable bonds is 5. The molecule has 1 aliphatic rings. The minimum Gasteiger partial charge on any atom is -0.361 e. The Labute approximate surface area is 164 Å². The summed E-state index contributed by atoms with van der Waals surface area (Å²) in [5.41, 5.74) is 1.63. The quantitative estimate of drug-likeness (QED) is 0.766. The first-order valence-electron chi connectivity index (χ1n) is 8.09. The van der Waals surface area contributed by atoms with Gasteiger partial charge in [-0.1, -0.05) is 28.9 Å². The van der Waals surface area contributed by atoms with Crippen LogP contribution >= 0.6 is 23.4 Å². The number of carbonyl (C=O) groups is 3. The first-order valence-corrected chi connectivity index (χ1v) is 9.28. The van der Waals surface area contributed by atoms with Crippen molar-refractivity contribution in [2.75, 3.05) is 13.1 Å². The van der Waals surface area contributed by atoms with Gasteiger partial charge in [0.2, 0.25) is 0 Å². The third-order valence-corrected chi connectivity index (χ3v) is 5.08. The topological polar surface area (TPSA) is 92.5 Å². The van der Waals surface area contributed by atoms with Crippen LogP contribution in [0.2, 0.25) is 5.02 Å². The summed E-state index contributed by atoms with van der Waals surface area (Å²) in [5, 5.41) is 6.63. The highest BCUT2D eigenvalue weighted by atomic mass is 35.5. The second-order valence-electron chi connectivity index (χ2n) is 5.84. The van der Waals surface area contributed by atoms with Crippen LogP contribution in [0.15, 0.2) is 33.7 Å². The molecular weight excluding hydrogens is 390 g/mol. The lowest BCUT2D eigenvalue weighted by molar-refractivity contribution is -0.122. The van der Waals surface area contributed by atoms with Crippen molar-refractivity contribution in [3.8, 4) is 0 Å². The summed E-state index contributed by atoms with van der Waals surface area (Å²) in [4.78, 5) is 38.2. The molecule has 2 aromatic rings. The van der Waals surface area contributed by atoms with Crippen LogP contribution in [0.3, 0.4) is 0 Å². The molecule has 0 saturated carbocycles. The van der Waals surface area contributed by atoms with Gasteiger partial charge in [-0.3, -0.25) is 19.3 Å². The van der Waals surface area contributed by atoms with Gasteiger partial charge >= 0.3 is 0 Å². The van der Waals surface area contributed by atoms with E-state index in [1.807, 2.05) is 0 Å². The Balaban J connectivity index is 1.61. The predicted molar refractivity (Wildman–Crippen MR) is 102 cm³/mol. The average molecular weight is 406 g/mol. The van der Waals surface area contributed by atoms with Crippen molar-refractivity contribution < 1.29 is 18.9 Å². The van der Waals surface area contributed by atoms with E-state index in [1.165, 1.54) is 0 Å². The molecule has 3 amide bonds. The molecule has 3 rings (SSSR count). The van der Waals surface area contributed by atoms with Gasteiger partial charge in [-0.05, 0) is 49.4 Å². The lowest BCUT2D eigenvalue weighted by Crippen LogP contribution is -2.37. The van der Waals surface area contributed by atoms with Crippen LogP contribution in [0.5, 0.6) is 0 Å². The zero-order valence-electron chi connectivity index (χ0n) is 14.6. The number of nitrogens with one attached hydrogen (secondary N) is 1. The fourth-order valence-electron chi connectivity index (χ4n) is 2.58. The van der Waals surface area contributed by atoms with Gasteiger partial charge in [0.15, 0.2) is 0 Å². The molecule has 7 nitrogen and oxygen atoms in total. The number of nitrogens with zero attached hydrogens (tertiary/aromatic N) is 2. The van der Waals surface area contributed by atoms with E-state index in [0.29, 0.717) is 26.9 Å². The highest BCUT2D eigenvalue weighted by Gasteiger charge is 2.34. The van der Waals surface area contributed by atoms with Crippen LogP contribution in [0.1, 0.15) is 27.4 Å². The van der Waals surface area contributed by atoms with E-state index in [2.05, 4.69) is 10.5 Å². The van der Waals surface area contributed by atoms with Crippen molar-refractivity contribution in [1.82, 2.24) is 15.4 Å². The van der Waals surface area contributed by atoms with Crippen LogP contribution in [-0.2, 0) is 4.79 Å². The zero-order valence-corrected chi connectivity index (χ0v) is 16.2. The number of amides is 3. The van der Waals surface area contributed by atoms with Crippen molar-refractivity contribution in [1.29, 1.82) is 0 Å². The van der Waals surface area contributed by atoms with Gasteiger partial charge in [0.25, 0.3) is 17.1 Å². The SMILES string of the molecule is Cc1noc(C)c1C(=O)NCCN1C(=O)S/C(=C/c2ccc(Cl)cc2)C1=O. The summed E-state index contributed by atoms with van der Waals surface area (Å²) in [6.07, 6.45) is 1.64. The second kappa shape index (κ2) is 7.98. The summed E-state index contributed by atoms with van der Waals surface area (Å²) in [7, 11) is 0. The van der Waals surface area contributed by atoms with Gasteiger partial charge in [-0.2, -0.15) is 0 Å². The normalized spacial score (nSPS) is 15.7. The Bertz CT molecular complexity index is 917. The highest BCUT2D eigenvalue weighted by Crippen LogP contribution is 2.32. The maximum Gasteiger partial charge on any atom is 0.293 e. The van der Waals surface area contributed by atoms with Gasteiger partial charge < -0.3 is 9.84 Å². The van der Waals surface area contributed by atoms with Crippen LogP contribution < -0.4 is 5.32 Å². The lowest BCUT2D eigenvalue weighted by atomic mass is 10.2. The summed E-state index contributed by atoms with van der Waals surface area (Å²) in [6.45, 7) is 3.53. The summed E-state index contributed by atoms with van der Waals surface area (Å²) < 4.78 is 4.96. The molecule has 9 heteroatoms. The Hall–Kier alpha value is -2.58. The lowest BCUT2D eigenvalue weighted by Gasteiger charge is -2.12. The molecule has 0 aliphatic carbocycles. The Morgan fingerprint density at radius 1 is 1.30 bits per heavy atom. The molecule has 1 N–H and O–H groups in total. The van der Waals surface area contributed by atoms with Crippen LogP contribution in [0.25, 0.3) is 6.08 Å². The number of hydrogen-bond acceptors (Lipinski definition) is 6. The zero-order chi connectivity index (χ0) is 19.6. The molecule has 2 heterocycles. The van der Waals surface area contributed by atoms with Crippen LogP contribution in [0.4, 0.5) is 4.79 Å². The molecular formula is C18H16ClN3O4S. The molecule has 1 aliphatic heterocycles. The number of aryl methyl sites for hydroxylation is 2. The third-order valence-electron chi connectivity index (χ3n) is 3.92. The summed E-state index contributed by atoms with van der Waals surface area (Å²) >= 11 is 6.71. The second-order valence-corrected chi connectivity index (χ2v) is 7.27. The Morgan fingerprint density at radius 2 is 2.00 bits per heavy atom. The molecule has 0 unspecified atom stereocenters. The van der Waals surface area contributed by atoms with E-state index in [1.54, 1.807) is 44.2 Å². The molecule has 140 valence electrons. The number of hydrogen-bond donors (Lipinski definition) is 1. The largest absolute Gasteiger partial charge is 0.361 e. The average Bonchev–Trinajstić information content (AvgIpc) is 3.10. The molecule has 1 fully saturated rings. The van der Waals surface area contributed by atoms with E-state index in [0.717, 1.165) is 22.2 Å². The smallest absolute Gasteiger partial charge is 0.293 e. The van der Waals surface area contributed by atoms with Gasteiger partial charge in [-0.25, -0.2) is 0 Å². The molecule has 1 aromatic heterocycles. The number of carbonyl (C=O) groups excluding carboxylic acids is 3. The van der Waals surface area contributed by atoms with E-state index in [9.17, 15) is 14.4 Å². The van der Waals surface area contributed by atoms with Crippen molar-refractivity contribution in [3.63, 3.8) is 0 Å². The Morgan fingerprint density at radius 3 is 2.63 bits per heavy atom. The first-order chi connectivity index (χ1) is 12.9. The number of benzene rings is 1. The Kier molecular flexibility index (Phi) is 5.67. The van der Waals surface area contributed by atoms with Gasteiger partial charge in [0, 0.05) is 18.1 Å². The maximum atomic E-state index is 12.5. The number of imide groups is 1. The number of aromatic nitrogens is 1. The molecule has 0 bridgehead atoms. The van der Waals surface area contributed by atoms with Gasteiger partial charge in [-0.15, -0.1) is 0 Å². The minimum absolute atomic E-state index is 0.0811. The summed E-state index contributed by atoms with van der Waals surface area (Å²) in [5.74, 6) is -0.316. The van der Waals surface area contributed by atoms with Gasteiger partial charge in [0.1, 0.15) is 11.3 Å². The monoisotopic (exact) mass is 405 g/mol.